The molecule has 0 aliphatic carbocycles. The number of nitrogens with one attached hydrogen (secondary N) is 1. The number of carbonyl (C=O) groups excluding carboxylic acids is 1. The lowest BCUT2D eigenvalue weighted by Gasteiger charge is -2.05. The molecule has 0 atom stereocenters. The third-order valence-electron chi connectivity index (χ3n) is 4.22. The van der Waals surface area contributed by atoms with E-state index >= 15 is 0 Å². The van der Waals surface area contributed by atoms with E-state index in [1.54, 1.807) is 20.1 Å². The first kappa shape index (κ1) is 19.4. The van der Waals surface area contributed by atoms with Crippen molar-refractivity contribution >= 4 is 28.1 Å². The van der Waals surface area contributed by atoms with Gasteiger partial charge in [-0.15, -0.1) is 10.2 Å². The van der Waals surface area contributed by atoms with Gasteiger partial charge in [0.1, 0.15) is 10.8 Å². The number of hydrogen-bond acceptors (Lipinski definition) is 7. The maximum atomic E-state index is 12.5. The third-order valence-corrected chi connectivity index (χ3v) is 5.12. The van der Waals surface area contributed by atoms with Gasteiger partial charge in [-0.1, -0.05) is 29.5 Å². The van der Waals surface area contributed by atoms with Crippen LogP contribution in [0.25, 0.3) is 0 Å². The number of nitro benzene ring substituents is 1. The van der Waals surface area contributed by atoms with Crippen molar-refractivity contribution in [2.24, 2.45) is 0 Å². The van der Waals surface area contributed by atoms with Crippen LogP contribution in [0.5, 0.6) is 5.75 Å². The highest BCUT2D eigenvalue weighted by Gasteiger charge is 2.19. The van der Waals surface area contributed by atoms with E-state index in [1.165, 1.54) is 23.5 Å². The summed E-state index contributed by atoms with van der Waals surface area (Å²) in [6.45, 7) is 1.55. The van der Waals surface area contributed by atoms with Crippen LogP contribution < -0.4 is 10.1 Å². The lowest BCUT2D eigenvalue weighted by atomic mass is 10.1. The average molecular weight is 398 g/mol. The van der Waals surface area contributed by atoms with E-state index < -0.39 is 10.8 Å². The minimum absolute atomic E-state index is 0.0925. The second kappa shape index (κ2) is 8.57. The standard InChI is InChI=1S/C19H18N4O4S/c1-12-15(4-3-5-16(12)23(25)26)18(24)20-19-22-21-17(28-19)11-8-13-6-9-14(27-2)10-7-13/h3-7,9-10H,8,11H2,1-2H3,(H,20,22,24). The highest BCUT2D eigenvalue weighted by Crippen LogP contribution is 2.23. The van der Waals surface area contributed by atoms with Gasteiger partial charge in [-0.05, 0) is 37.1 Å². The van der Waals surface area contributed by atoms with Crippen molar-refractivity contribution in [3.8, 4) is 5.75 Å². The van der Waals surface area contributed by atoms with Crippen molar-refractivity contribution in [1.82, 2.24) is 10.2 Å². The summed E-state index contributed by atoms with van der Waals surface area (Å²) >= 11 is 1.29. The molecular formula is C19H18N4O4S. The van der Waals surface area contributed by atoms with Gasteiger partial charge in [-0.25, -0.2) is 0 Å². The number of benzene rings is 2. The van der Waals surface area contributed by atoms with Crippen LogP contribution in [0.1, 0.15) is 26.5 Å². The van der Waals surface area contributed by atoms with Crippen LogP contribution >= 0.6 is 11.3 Å². The Balaban J connectivity index is 1.63. The number of aryl methyl sites for hydroxylation is 2. The van der Waals surface area contributed by atoms with Gasteiger partial charge < -0.3 is 4.74 Å². The van der Waals surface area contributed by atoms with Gasteiger partial charge in [0.2, 0.25) is 5.13 Å². The molecule has 3 aromatic rings. The smallest absolute Gasteiger partial charge is 0.273 e. The van der Waals surface area contributed by atoms with Gasteiger partial charge in [0, 0.05) is 23.6 Å². The van der Waals surface area contributed by atoms with E-state index in [0.29, 0.717) is 17.1 Å². The Kier molecular flexibility index (Phi) is 5.95. The lowest BCUT2D eigenvalue weighted by Crippen LogP contribution is -2.14. The molecule has 0 fully saturated rings. The highest BCUT2D eigenvalue weighted by atomic mass is 32.1. The number of carbonyl (C=O) groups is 1. The predicted molar refractivity (Wildman–Crippen MR) is 106 cm³/mol. The number of anilines is 1. The molecule has 0 aliphatic rings. The van der Waals surface area contributed by atoms with Crippen LogP contribution in [-0.2, 0) is 12.8 Å². The van der Waals surface area contributed by atoms with Crippen LogP contribution in [0.3, 0.4) is 0 Å². The molecule has 0 bridgehead atoms. The van der Waals surface area contributed by atoms with Crippen molar-refractivity contribution < 1.29 is 14.5 Å². The summed E-state index contributed by atoms with van der Waals surface area (Å²) in [6.07, 6.45) is 1.48. The van der Waals surface area contributed by atoms with Gasteiger partial charge >= 0.3 is 0 Å². The average Bonchev–Trinajstić information content (AvgIpc) is 3.14. The maximum absolute atomic E-state index is 12.5. The molecule has 0 spiro atoms. The van der Waals surface area contributed by atoms with Gasteiger partial charge in [0.15, 0.2) is 0 Å². The second-order valence-corrected chi connectivity index (χ2v) is 7.07. The van der Waals surface area contributed by atoms with Crippen LogP contribution in [0.4, 0.5) is 10.8 Å². The molecule has 0 radical (unpaired) electrons. The summed E-state index contributed by atoms with van der Waals surface area (Å²) < 4.78 is 5.14. The van der Waals surface area contributed by atoms with Gasteiger partial charge in [-0.2, -0.15) is 0 Å². The number of amides is 1. The van der Waals surface area contributed by atoms with Crippen molar-refractivity contribution in [2.45, 2.75) is 19.8 Å². The second-order valence-electron chi connectivity index (χ2n) is 6.01. The van der Waals surface area contributed by atoms with Crippen molar-refractivity contribution in [3.63, 3.8) is 0 Å². The summed E-state index contributed by atoms with van der Waals surface area (Å²) in [6, 6.07) is 12.2. The van der Waals surface area contributed by atoms with Crippen LogP contribution in [0.15, 0.2) is 42.5 Å². The van der Waals surface area contributed by atoms with Gasteiger partial charge in [0.25, 0.3) is 11.6 Å². The number of hydrogen-bond donors (Lipinski definition) is 1. The molecule has 1 N–H and O–H groups in total. The first-order valence-electron chi connectivity index (χ1n) is 8.48. The molecule has 1 aromatic heterocycles. The summed E-state index contributed by atoms with van der Waals surface area (Å²) in [4.78, 5) is 23.0. The zero-order valence-corrected chi connectivity index (χ0v) is 16.2. The zero-order chi connectivity index (χ0) is 20.1. The molecule has 0 saturated carbocycles. The number of aromatic nitrogens is 2. The van der Waals surface area contributed by atoms with Crippen molar-refractivity contribution in [3.05, 3.63) is 74.3 Å². The summed E-state index contributed by atoms with van der Waals surface area (Å²) in [5.41, 5.74) is 1.61. The van der Waals surface area contributed by atoms with E-state index in [1.807, 2.05) is 24.3 Å². The molecule has 1 amide bonds. The fraction of sp³-hybridized carbons (Fsp3) is 0.211. The Hall–Kier alpha value is -3.33. The molecule has 28 heavy (non-hydrogen) atoms. The van der Waals surface area contributed by atoms with Crippen molar-refractivity contribution in [2.75, 3.05) is 12.4 Å². The van der Waals surface area contributed by atoms with E-state index in [4.69, 9.17) is 4.74 Å². The molecule has 2 aromatic carbocycles. The minimum Gasteiger partial charge on any atom is -0.497 e. The highest BCUT2D eigenvalue weighted by molar-refractivity contribution is 7.15. The maximum Gasteiger partial charge on any atom is 0.273 e. The van der Waals surface area contributed by atoms with Gasteiger partial charge in [0.05, 0.1) is 12.0 Å². The minimum atomic E-state index is -0.506. The molecule has 0 unspecified atom stereocenters. The van der Waals surface area contributed by atoms with E-state index in [2.05, 4.69) is 15.5 Å². The zero-order valence-electron chi connectivity index (χ0n) is 15.3. The normalized spacial score (nSPS) is 10.5. The topological polar surface area (TPSA) is 107 Å². The Morgan fingerprint density at radius 1 is 1.18 bits per heavy atom. The van der Waals surface area contributed by atoms with E-state index in [-0.39, 0.29) is 11.3 Å². The molecule has 0 saturated heterocycles. The molecule has 9 heteroatoms. The summed E-state index contributed by atoms with van der Waals surface area (Å²) in [5, 5.41) is 22.9. The summed E-state index contributed by atoms with van der Waals surface area (Å²) in [7, 11) is 1.63. The number of ether oxygens (including phenoxy) is 1. The lowest BCUT2D eigenvalue weighted by molar-refractivity contribution is -0.385. The van der Waals surface area contributed by atoms with Crippen molar-refractivity contribution in [1.29, 1.82) is 0 Å². The monoisotopic (exact) mass is 398 g/mol. The number of nitro groups is 1. The quantitative estimate of drug-likeness (QED) is 0.479. The molecule has 1 heterocycles. The van der Waals surface area contributed by atoms with Gasteiger partial charge in [-0.3, -0.25) is 20.2 Å². The number of nitrogens with zero attached hydrogens (tertiary/aromatic N) is 3. The van der Waals surface area contributed by atoms with Crippen LogP contribution in [-0.4, -0.2) is 28.1 Å². The SMILES string of the molecule is COc1ccc(CCc2nnc(NC(=O)c3cccc([N+](=O)[O-])c3C)s2)cc1. The number of methoxy groups -OCH3 is 1. The van der Waals surface area contributed by atoms with E-state index in [0.717, 1.165) is 22.7 Å². The molecule has 8 nitrogen and oxygen atoms in total. The first-order chi connectivity index (χ1) is 13.5. The Morgan fingerprint density at radius 3 is 2.61 bits per heavy atom. The first-order valence-corrected chi connectivity index (χ1v) is 9.30. The Labute approximate surface area is 165 Å². The molecule has 3 rings (SSSR count). The largest absolute Gasteiger partial charge is 0.497 e. The van der Waals surface area contributed by atoms with E-state index in [9.17, 15) is 14.9 Å². The molecular weight excluding hydrogens is 380 g/mol. The Morgan fingerprint density at radius 2 is 1.93 bits per heavy atom. The molecule has 144 valence electrons. The summed E-state index contributed by atoms with van der Waals surface area (Å²) in [5.74, 6) is 0.361. The van der Waals surface area contributed by atoms with Crippen LogP contribution in [0.2, 0.25) is 0 Å². The fourth-order valence-electron chi connectivity index (χ4n) is 2.68. The third kappa shape index (κ3) is 4.49. The van der Waals surface area contributed by atoms with Crippen LogP contribution in [0, 0.1) is 17.0 Å². The molecule has 0 aliphatic heterocycles. The fourth-order valence-corrected chi connectivity index (χ4v) is 3.41. The predicted octanol–water partition coefficient (Wildman–Crippen LogP) is 3.80. The Bertz CT molecular complexity index is 1000. The number of rotatable bonds is 7.